The summed E-state index contributed by atoms with van der Waals surface area (Å²) in [5, 5.41) is 2.91. The third-order valence-corrected chi connectivity index (χ3v) is 4.27. The standard InChI is InChI=1S/C14H23ClOS/c1-3-5-7-10-16-13(8-6-4-2)14-12(15)9-11-17-14/h9,11,13H,3-8,10H2,1-2H3. The van der Waals surface area contributed by atoms with Crippen LogP contribution in [0.3, 0.4) is 0 Å². The van der Waals surface area contributed by atoms with Crippen molar-refractivity contribution in [2.75, 3.05) is 6.61 Å². The molecule has 0 saturated heterocycles. The number of ether oxygens (including phenoxy) is 1. The molecule has 0 amide bonds. The SMILES string of the molecule is CCCCCOC(CCCC)c1sccc1Cl. The van der Waals surface area contributed by atoms with E-state index in [-0.39, 0.29) is 6.10 Å². The van der Waals surface area contributed by atoms with Gasteiger partial charge in [0.1, 0.15) is 0 Å². The van der Waals surface area contributed by atoms with Gasteiger partial charge in [0.15, 0.2) is 0 Å². The van der Waals surface area contributed by atoms with Crippen LogP contribution in [-0.2, 0) is 4.74 Å². The predicted molar refractivity (Wildman–Crippen MR) is 77.1 cm³/mol. The van der Waals surface area contributed by atoms with Crippen molar-refractivity contribution in [2.45, 2.75) is 58.5 Å². The first kappa shape index (κ1) is 15.0. The van der Waals surface area contributed by atoms with E-state index in [0.29, 0.717) is 0 Å². The molecule has 1 nitrogen and oxygen atoms in total. The maximum absolute atomic E-state index is 6.18. The third kappa shape index (κ3) is 5.41. The largest absolute Gasteiger partial charge is 0.373 e. The van der Waals surface area contributed by atoms with Crippen molar-refractivity contribution in [2.24, 2.45) is 0 Å². The van der Waals surface area contributed by atoms with Gasteiger partial charge in [-0.3, -0.25) is 0 Å². The summed E-state index contributed by atoms with van der Waals surface area (Å²) in [6.45, 7) is 5.28. The predicted octanol–water partition coefficient (Wildman–Crippen LogP) is 5.84. The van der Waals surface area contributed by atoms with Gasteiger partial charge in [-0.2, -0.15) is 0 Å². The summed E-state index contributed by atoms with van der Waals surface area (Å²) in [6, 6.07) is 1.97. The second kappa shape index (κ2) is 8.96. The maximum atomic E-state index is 6.18. The van der Waals surface area contributed by atoms with Crippen molar-refractivity contribution in [3.8, 4) is 0 Å². The Morgan fingerprint density at radius 3 is 2.59 bits per heavy atom. The fourth-order valence-electron chi connectivity index (χ4n) is 1.79. The number of hydrogen-bond acceptors (Lipinski definition) is 2. The molecule has 17 heavy (non-hydrogen) atoms. The molecule has 3 heteroatoms. The molecule has 1 rings (SSSR count). The van der Waals surface area contributed by atoms with Crippen LogP contribution in [0.5, 0.6) is 0 Å². The number of hydrogen-bond donors (Lipinski definition) is 0. The maximum Gasteiger partial charge on any atom is 0.0931 e. The van der Waals surface area contributed by atoms with Crippen molar-refractivity contribution in [1.82, 2.24) is 0 Å². The molecule has 0 bridgehead atoms. The van der Waals surface area contributed by atoms with Crippen molar-refractivity contribution in [3.05, 3.63) is 21.3 Å². The third-order valence-electron chi connectivity index (χ3n) is 2.82. The van der Waals surface area contributed by atoms with Gasteiger partial charge in [-0.25, -0.2) is 0 Å². The van der Waals surface area contributed by atoms with Gasteiger partial charge < -0.3 is 4.74 Å². The molecule has 0 aromatic carbocycles. The van der Waals surface area contributed by atoms with E-state index >= 15 is 0 Å². The minimum atomic E-state index is 0.208. The van der Waals surface area contributed by atoms with E-state index in [1.165, 1.54) is 30.6 Å². The molecule has 0 aliphatic carbocycles. The molecule has 0 radical (unpaired) electrons. The molecule has 1 aromatic rings. The average molecular weight is 275 g/mol. The molecule has 1 aromatic heterocycles. The highest BCUT2D eigenvalue weighted by Crippen LogP contribution is 2.34. The quantitative estimate of drug-likeness (QED) is 0.514. The van der Waals surface area contributed by atoms with E-state index in [1.807, 2.05) is 11.4 Å². The highest BCUT2D eigenvalue weighted by atomic mass is 35.5. The van der Waals surface area contributed by atoms with Gasteiger partial charge in [-0.15, -0.1) is 11.3 Å². The highest BCUT2D eigenvalue weighted by Gasteiger charge is 2.16. The Morgan fingerprint density at radius 1 is 1.24 bits per heavy atom. The monoisotopic (exact) mass is 274 g/mol. The second-order valence-corrected chi connectivity index (χ2v) is 5.70. The molecule has 0 fully saturated rings. The molecule has 0 spiro atoms. The summed E-state index contributed by atoms with van der Waals surface area (Å²) in [6.07, 6.45) is 7.34. The second-order valence-electron chi connectivity index (χ2n) is 4.34. The molecule has 0 saturated carbocycles. The van der Waals surface area contributed by atoms with E-state index in [0.717, 1.165) is 24.5 Å². The van der Waals surface area contributed by atoms with Gasteiger partial charge in [0, 0.05) is 6.61 Å². The zero-order valence-electron chi connectivity index (χ0n) is 10.9. The van der Waals surface area contributed by atoms with Gasteiger partial charge in [0.2, 0.25) is 0 Å². The zero-order valence-corrected chi connectivity index (χ0v) is 12.4. The lowest BCUT2D eigenvalue weighted by molar-refractivity contribution is 0.0451. The van der Waals surface area contributed by atoms with Crippen LogP contribution in [0, 0.1) is 0 Å². The Morgan fingerprint density at radius 2 is 2.00 bits per heavy atom. The van der Waals surface area contributed by atoms with Crippen molar-refractivity contribution < 1.29 is 4.74 Å². The van der Waals surface area contributed by atoms with Gasteiger partial charge >= 0.3 is 0 Å². The Bertz CT molecular complexity index is 298. The summed E-state index contributed by atoms with van der Waals surface area (Å²) in [5.41, 5.74) is 0. The average Bonchev–Trinajstić information content (AvgIpc) is 2.75. The van der Waals surface area contributed by atoms with E-state index < -0.39 is 0 Å². The van der Waals surface area contributed by atoms with Gasteiger partial charge in [-0.1, -0.05) is 51.1 Å². The molecule has 1 atom stereocenters. The Balaban J connectivity index is 2.46. The van der Waals surface area contributed by atoms with Gasteiger partial charge in [-0.05, 0) is 24.3 Å². The Labute approximate surface area is 114 Å². The van der Waals surface area contributed by atoms with Crippen LogP contribution in [0.1, 0.15) is 63.4 Å². The van der Waals surface area contributed by atoms with Crippen LogP contribution in [0.25, 0.3) is 0 Å². The molecule has 98 valence electrons. The van der Waals surface area contributed by atoms with Crippen LogP contribution in [0.15, 0.2) is 11.4 Å². The Hall–Kier alpha value is -0.0500. The van der Waals surface area contributed by atoms with Crippen molar-refractivity contribution in [1.29, 1.82) is 0 Å². The first-order valence-corrected chi connectivity index (χ1v) is 7.89. The topological polar surface area (TPSA) is 9.23 Å². The molecule has 1 unspecified atom stereocenters. The lowest BCUT2D eigenvalue weighted by Crippen LogP contribution is -2.05. The van der Waals surface area contributed by atoms with Gasteiger partial charge in [0.05, 0.1) is 16.0 Å². The van der Waals surface area contributed by atoms with Crippen molar-refractivity contribution in [3.63, 3.8) is 0 Å². The summed E-state index contributed by atoms with van der Waals surface area (Å²) >= 11 is 7.90. The van der Waals surface area contributed by atoms with Crippen molar-refractivity contribution >= 4 is 22.9 Å². The summed E-state index contributed by atoms with van der Waals surface area (Å²) in [7, 11) is 0. The molecular weight excluding hydrogens is 252 g/mol. The Kier molecular flexibility index (Phi) is 7.91. The fraction of sp³-hybridized carbons (Fsp3) is 0.714. The number of halogens is 1. The van der Waals surface area contributed by atoms with Crippen LogP contribution < -0.4 is 0 Å². The number of rotatable bonds is 9. The van der Waals surface area contributed by atoms with Gasteiger partial charge in [0.25, 0.3) is 0 Å². The van der Waals surface area contributed by atoms with Crippen LogP contribution >= 0.6 is 22.9 Å². The van der Waals surface area contributed by atoms with Crippen LogP contribution in [-0.4, -0.2) is 6.61 Å². The summed E-state index contributed by atoms with van der Waals surface area (Å²) in [4.78, 5) is 1.21. The first-order chi connectivity index (χ1) is 8.29. The lowest BCUT2D eigenvalue weighted by atomic mass is 10.1. The van der Waals surface area contributed by atoms with Crippen LogP contribution in [0.2, 0.25) is 5.02 Å². The van der Waals surface area contributed by atoms with E-state index in [9.17, 15) is 0 Å². The molecule has 0 N–H and O–H groups in total. The lowest BCUT2D eigenvalue weighted by Gasteiger charge is -2.17. The normalized spacial score (nSPS) is 12.9. The smallest absolute Gasteiger partial charge is 0.0931 e. The summed E-state index contributed by atoms with van der Waals surface area (Å²) in [5.74, 6) is 0. The highest BCUT2D eigenvalue weighted by molar-refractivity contribution is 7.10. The summed E-state index contributed by atoms with van der Waals surface area (Å²) < 4.78 is 6.00. The minimum Gasteiger partial charge on any atom is -0.373 e. The van der Waals surface area contributed by atoms with E-state index in [4.69, 9.17) is 16.3 Å². The molecule has 0 aliphatic heterocycles. The number of thiophene rings is 1. The minimum absolute atomic E-state index is 0.208. The zero-order chi connectivity index (χ0) is 12.5. The fourth-order valence-corrected chi connectivity index (χ4v) is 3.05. The molecular formula is C14H23ClOS. The van der Waals surface area contributed by atoms with Crippen LogP contribution in [0.4, 0.5) is 0 Å². The van der Waals surface area contributed by atoms with E-state index in [2.05, 4.69) is 13.8 Å². The molecule has 1 heterocycles. The first-order valence-electron chi connectivity index (χ1n) is 6.64. The number of unbranched alkanes of at least 4 members (excludes halogenated alkanes) is 3. The molecule has 0 aliphatic rings. The van der Waals surface area contributed by atoms with E-state index in [1.54, 1.807) is 11.3 Å².